The normalized spacial score (nSPS) is 31.4. The van der Waals surface area contributed by atoms with E-state index in [-0.39, 0.29) is 17.6 Å². The first kappa shape index (κ1) is 18.1. The van der Waals surface area contributed by atoms with Crippen molar-refractivity contribution in [2.45, 2.75) is 31.1 Å². The maximum absolute atomic E-state index is 12.5. The van der Waals surface area contributed by atoms with E-state index in [1.807, 2.05) is 10.9 Å². The fraction of sp³-hybridized carbons (Fsp3) is 0.632. The van der Waals surface area contributed by atoms with Crippen molar-refractivity contribution in [3.8, 4) is 0 Å². The first-order chi connectivity index (χ1) is 13.5. The van der Waals surface area contributed by atoms with Crippen LogP contribution in [0.2, 0.25) is 5.02 Å². The summed E-state index contributed by atoms with van der Waals surface area (Å²) >= 11 is 5.95. The zero-order chi connectivity index (χ0) is 19.3. The quantitative estimate of drug-likeness (QED) is 0.782. The highest BCUT2D eigenvalue weighted by Crippen LogP contribution is 2.54. The van der Waals surface area contributed by atoms with Gasteiger partial charge in [0.1, 0.15) is 5.69 Å². The minimum Gasteiger partial charge on any atom is -0.370 e. The van der Waals surface area contributed by atoms with Crippen molar-refractivity contribution in [3.05, 3.63) is 35.4 Å². The molecule has 0 radical (unpaired) electrons. The number of hydrogen-bond acceptors (Lipinski definition) is 5. The number of halogens is 1. The Balaban J connectivity index is 1.21. The number of rotatable bonds is 6. The van der Waals surface area contributed by atoms with Gasteiger partial charge in [-0.1, -0.05) is 11.6 Å². The van der Waals surface area contributed by atoms with Crippen LogP contribution in [0, 0.1) is 11.8 Å². The molecule has 1 amide bonds. The van der Waals surface area contributed by atoms with Crippen LogP contribution in [-0.2, 0) is 18.3 Å². The molecule has 3 aliphatic heterocycles. The van der Waals surface area contributed by atoms with E-state index in [1.165, 1.54) is 0 Å². The zero-order valence-corrected chi connectivity index (χ0v) is 16.7. The molecule has 3 aliphatic rings. The summed E-state index contributed by atoms with van der Waals surface area (Å²) in [6.07, 6.45) is 7.65. The number of nitrogens with one attached hydrogen (secondary N) is 1. The number of aryl methyl sites for hydroxylation is 1. The predicted octanol–water partition coefficient (Wildman–Crippen LogP) is 1.18. The van der Waals surface area contributed by atoms with Gasteiger partial charge in [-0.25, -0.2) is 0 Å². The van der Waals surface area contributed by atoms with Crippen LogP contribution in [0.4, 0.5) is 0 Å². The van der Waals surface area contributed by atoms with Crippen molar-refractivity contribution >= 4 is 17.5 Å². The van der Waals surface area contributed by atoms with Crippen molar-refractivity contribution in [3.63, 3.8) is 0 Å². The van der Waals surface area contributed by atoms with Gasteiger partial charge in [0.05, 0.1) is 29.5 Å². The third-order valence-corrected chi connectivity index (χ3v) is 6.85. The van der Waals surface area contributed by atoms with E-state index in [0.29, 0.717) is 29.1 Å². The highest BCUT2D eigenvalue weighted by Gasteiger charge is 2.62. The first-order valence-electron chi connectivity index (χ1n) is 9.88. The third kappa shape index (κ3) is 3.03. The molecule has 5 heterocycles. The topological polar surface area (TPSA) is 77.2 Å². The number of amides is 1. The number of likely N-dealkylation sites (tertiary alicyclic amines) is 1. The van der Waals surface area contributed by atoms with Gasteiger partial charge in [-0.15, -0.1) is 0 Å². The number of fused-ring (bicyclic) bond motifs is 1. The molecule has 0 unspecified atom stereocenters. The van der Waals surface area contributed by atoms with E-state index in [0.717, 1.165) is 39.0 Å². The molecule has 3 saturated heterocycles. The van der Waals surface area contributed by atoms with E-state index in [2.05, 4.69) is 20.4 Å². The summed E-state index contributed by atoms with van der Waals surface area (Å²) in [5, 5.41) is 12.1. The Hall–Kier alpha value is -1.90. The minimum atomic E-state index is -0.0674. The summed E-state index contributed by atoms with van der Waals surface area (Å²) in [4.78, 5) is 14.9. The van der Waals surface area contributed by atoms with Crippen LogP contribution in [0.15, 0.2) is 24.7 Å². The van der Waals surface area contributed by atoms with Crippen LogP contribution in [0.25, 0.3) is 0 Å². The molecular formula is C19H25ClN6O2. The van der Waals surface area contributed by atoms with E-state index in [4.69, 9.17) is 16.3 Å². The average Bonchev–Trinajstić information content (AvgIpc) is 3.45. The van der Waals surface area contributed by atoms with E-state index >= 15 is 0 Å². The van der Waals surface area contributed by atoms with Gasteiger partial charge in [0, 0.05) is 57.5 Å². The Bertz CT molecular complexity index is 881. The number of ether oxygens (including phenoxy) is 1. The van der Waals surface area contributed by atoms with Crippen LogP contribution >= 0.6 is 11.6 Å². The molecule has 0 aromatic carbocycles. The second kappa shape index (κ2) is 6.86. The molecule has 28 heavy (non-hydrogen) atoms. The number of hydrogen-bond donors (Lipinski definition) is 1. The van der Waals surface area contributed by atoms with Crippen molar-refractivity contribution in [2.75, 3.05) is 26.2 Å². The maximum atomic E-state index is 12.5. The van der Waals surface area contributed by atoms with Crippen LogP contribution in [-0.4, -0.2) is 68.3 Å². The Labute approximate surface area is 168 Å². The number of nitrogens with zero attached hydrogens (tertiary/aromatic N) is 5. The van der Waals surface area contributed by atoms with Gasteiger partial charge in [-0.2, -0.15) is 10.2 Å². The van der Waals surface area contributed by atoms with Gasteiger partial charge >= 0.3 is 0 Å². The van der Waals surface area contributed by atoms with Gasteiger partial charge < -0.3 is 10.1 Å². The third-order valence-electron chi connectivity index (χ3n) is 6.65. The van der Waals surface area contributed by atoms with Gasteiger partial charge in [0.15, 0.2) is 0 Å². The van der Waals surface area contributed by atoms with Crippen LogP contribution in [0.5, 0.6) is 0 Å². The monoisotopic (exact) mass is 404 g/mol. The Morgan fingerprint density at radius 3 is 3.07 bits per heavy atom. The molecule has 1 N–H and O–H groups in total. The van der Waals surface area contributed by atoms with Crippen molar-refractivity contribution in [1.82, 2.24) is 29.8 Å². The molecule has 2 bridgehead atoms. The summed E-state index contributed by atoms with van der Waals surface area (Å²) < 4.78 is 9.97. The lowest BCUT2D eigenvalue weighted by atomic mass is 9.73. The zero-order valence-electron chi connectivity index (χ0n) is 15.9. The lowest BCUT2D eigenvalue weighted by Crippen LogP contribution is -2.42. The molecule has 2 aromatic rings. The van der Waals surface area contributed by atoms with Crippen LogP contribution < -0.4 is 5.32 Å². The number of carbonyl (C=O) groups excluding carboxylic acids is 1. The Morgan fingerprint density at radius 1 is 1.43 bits per heavy atom. The standard InChI is InChI=1S/C19H25ClN6O2/c1-24-16(3-5-22-24)18(27)21-9-14-15-11-25(6-7-26-10-13(20)8-23-26)12-19(15)4-2-17(14)28-19/h3,5,8,10,14-15,17H,2,4,6-7,9,11-12H2,1H3,(H,21,27)/t14-,15+,17+,19+/m0/s1. The van der Waals surface area contributed by atoms with E-state index in [1.54, 1.807) is 30.2 Å². The fourth-order valence-electron chi connectivity index (χ4n) is 5.33. The lowest BCUT2D eigenvalue weighted by molar-refractivity contribution is 0.00247. The Morgan fingerprint density at radius 2 is 2.32 bits per heavy atom. The average molecular weight is 405 g/mol. The largest absolute Gasteiger partial charge is 0.370 e. The molecule has 8 nitrogen and oxygen atoms in total. The van der Waals surface area contributed by atoms with Crippen LogP contribution in [0.1, 0.15) is 23.3 Å². The summed E-state index contributed by atoms with van der Waals surface area (Å²) in [6, 6.07) is 1.74. The molecule has 4 atom stereocenters. The number of carbonyl (C=O) groups is 1. The fourth-order valence-corrected chi connectivity index (χ4v) is 5.49. The van der Waals surface area contributed by atoms with E-state index in [9.17, 15) is 4.79 Å². The SMILES string of the molecule is Cn1nccc1C(=O)NC[C@H]1[C@H]2CN(CCn3cc(Cl)cn3)C[C@]23CC[C@H]1O3. The summed E-state index contributed by atoms with van der Waals surface area (Å²) in [7, 11) is 1.78. The smallest absolute Gasteiger partial charge is 0.269 e. The predicted molar refractivity (Wildman–Crippen MR) is 103 cm³/mol. The lowest BCUT2D eigenvalue weighted by Gasteiger charge is -2.29. The highest BCUT2D eigenvalue weighted by atomic mass is 35.5. The summed E-state index contributed by atoms with van der Waals surface area (Å²) in [6.45, 7) is 4.38. The maximum Gasteiger partial charge on any atom is 0.269 e. The van der Waals surface area contributed by atoms with E-state index < -0.39 is 0 Å². The van der Waals surface area contributed by atoms with Gasteiger partial charge in [-0.3, -0.25) is 19.1 Å². The summed E-state index contributed by atoms with van der Waals surface area (Å²) in [5.41, 5.74) is 0.554. The van der Waals surface area contributed by atoms with Crippen molar-refractivity contribution in [2.24, 2.45) is 18.9 Å². The molecule has 0 saturated carbocycles. The molecule has 0 aliphatic carbocycles. The second-order valence-electron chi connectivity index (χ2n) is 8.24. The Kier molecular flexibility index (Phi) is 4.45. The van der Waals surface area contributed by atoms with Gasteiger partial charge in [-0.05, 0) is 18.9 Å². The van der Waals surface area contributed by atoms with Gasteiger partial charge in [0.2, 0.25) is 0 Å². The second-order valence-corrected chi connectivity index (χ2v) is 8.67. The first-order valence-corrected chi connectivity index (χ1v) is 10.3. The molecule has 9 heteroatoms. The molecular weight excluding hydrogens is 380 g/mol. The van der Waals surface area contributed by atoms with Crippen LogP contribution in [0.3, 0.4) is 0 Å². The van der Waals surface area contributed by atoms with Crippen molar-refractivity contribution < 1.29 is 9.53 Å². The summed E-state index contributed by atoms with van der Waals surface area (Å²) in [5.74, 6) is 0.775. The van der Waals surface area contributed by atoms with Crippen molar-refractivity contribution in [1.29, 1.82) is 0 Å². The van der Waals surface area contributed by atoms with Gasteiger partial charge in [0.25, 0.3) is 5.91 Å². The minimum absolute atomic E-state index is 0.0334. The number of aromatic nitrogens is 4. The highest BCUT2D eigenvalue weighted by molar-refractivity contribution is 6.30. The molecule has 5 rings (SSSR count). The molecule has 2 aromatic heterocycles. The molecule has 3 fully saturated rings. The molecule has 1 spiro atoms. The molecule has 150 valence electrons.